The maximum Gasteiger partial charge on any atom is 0.165 e. The highest BCUT2D eigenvalue weighted by Gasteiger charge is 2.25. The van der Waals surface area contributed by atoms with E-state index in [0.717, 1.165) is 31.7 Å². The SMILES string of the molecule is COc1ccc(CN2CCC(C)C(CN)C2)cc1F. The predicted molar refractivity (Wildman–Crippen MR) is 74.6 cm³/mol. The van der Waals surface area contributed by atoms with Crippen molar-refractivity contribution in [2.24, 2.45) is 17.6 Å². The summed E-state index contributed by atoms with van der Waals surface area (Å²) in [5.74, 6) is 1.25. The second kappa shape index (κ2) is 6.35. The summed E-state index contributed by atoms with van der Waals surface area (Å²) in [6.07, 6.45) is 1.17. The molecule has 0 amide bonds. The molecule has 0 radical (unpaired) electrons. The van der Waals surface area contributed by atoms with Crippen LogP contribution in [-0.2, 0) is 6.54 Å². The van der Waals surface area contributed by atoms with Crippen molar-refractivity contribution in [3.05, 3.63) is 29.6 Å². The van der Waals surface area contributed by atoms with Crippen molar-refractivity contribution in [1.82, 2.24) is 4.90 Å². The Bertz CT molecular complexity index is 425. The number of rotatable bonds is 4. The Morgan fingerprint density at radius 2 is 2.26 bits per heavy atom. The fourth-order valence-electron chi connectivity index (χ4n) is 2.74. The summed E-state index contributed by atoms with van der Waals surface area (Å²) in [5.41, 5.74) is 6.80. The molecule has 3 nitrogen and oxygen atoms in total. The quantitative estimate of drug-likeness (QED) is 0.908. The van der Waals surface area contributed by atoms with E-state index in [9.17, 15) is 4.39 Å². The summed E-state index contributed by atoms with van der Waals surface area (Å²) in [5, 5.41) is 0. The van der Waals surface area contributed by atoms with Crippen molar-refractivity contribution in [1.29, 1.82) is 0 Å². The van der Waals surface area contributed by atoms with Gasteiger partial charge in [-0.1, -0.05) is 13.0 Å². The first-order chi connectivity index (χ1) is 9.13. The topological polar surface area (TPSA) is 38.5 Å². The first-order valence-corrected chi connectivity index (χ1v) is 6.89. The fourth-order valence-corrected chi connectivity index (χ4v) is 2.74. The van der Waals surface area contributed by atoms with Crippen LogP contribution in [-0.4, -0.2) is 31.6 Å². The van der Waals surface area contributed by atoms with E-state index < -0.39 is 0 Å². The van der Waals surface area contributed by atoms with E-state index in [1.807, 2.05) is 6.07 Å². The number of benzene rings is 1. The zero-order valence-corrected chi connectivity index (χ0v) is 11.7. The fraction of sp³-hybridized carbons (Fsp3) is 0.600. The summed E-state index contributed by atoms with van der Waals surface area (Å²) >= 11 is 0. The van der Waals surface area contributed by atoms with Crippen LogP contribution in [0.3, 0.4) is 0 Å². The zero-order chi connectivity index (χ0) is 13.8. The smallest absolute Gasteiger partial charge is 0.165 e. The average molecular weight is 266 g/mol. The predicted octanol–water partition coefficient (Wildman–Crippen LogP) is 2.25. The summed E-state index contributed by atoms with van der Waals surface area (Å²) in [6, 6.07) is 5.18. The van der Waals surface area contributed by atoms with Gasteiger partial charge in [-0.15, -0.1) is 0 Å². The van der Waals surface area contributed by atoms with Crippen molar-refractivity contribution in [3.8, 4) is 5.75 Å². The normalized spacial score (nSPS) is 24.4. The Labute approximate surface area is 114 Å². The Hall–Kier alpha value is -1.13. The maximum absolute atomic E-state index is 13.6. The Kier molecular flexibility index (Phi) is 4.77. The molecule has 1 aromatic rings. The lowest BCUT2D eigenvalue weighted by atomic mass is 9.87. The van der Waals surface area contributed by atoms with E-state index in [2.05, 4.69) is 11.8 Å². The molecule has 1 saturated heterocycles. The largest absolute Gasteiger partial charge is 0.494 e. The van der Waals surface area contributed by atoms with Crippen LogP contribution in [0.5, 0.6) is 5.75 Å². The van der Waals surface area contributed by atoms with Gasteiger partial charge in [-0.2, -0.15) is 0 Å². The second-order valence-corrected chi connectivity index (χ2v) is 5.47. The number of ether oxygens (including phenoxy) is 1. The van der Waals surface area contributed by atoms with Crippen molar-refractivity contribution in [2.75, 3.05) is 26.7 Å². The van der Waals surface area contributed by atoms with E-state index >= 15 is 0 Å². The molecule has 2 atom stereocenters. The Morgan fingerprint density at radius 1 is 1.47 bits per heavy atom. The molecule has 0 aromatic heterocycles. The van der Waals surface area contributed by atoms with Gasteiger partial charge < -0.3 is 10.5 Å². The summed E-state index contributed by atoms with van der Waals surface area (Å²) in [7, 11) is 1.48. The number of hydrogen-bond donors (Lipinski definition) is 1. The molecule has 1 aliphatic heterocycles. The van der Waals surface area contributed by atoms with Crippen molar-refractivity contribution in [2.45, 2.75) is 19.9 Å². The lowest BCUT2D eigenvalue weighted by molar-refractivity contribution is 0.126. The highest BCUT2D eigenvalue weighted by Crippen LogP contribution is 2.24. The van der Waals surface area contributed by atoms with Gasteiger partial charge in [0.15, 0.2) is 11.6 Å². The number of nitrogens with two attached hydrogens (primary N) is 1. The third-order valence-corrected chi connectivity index (χ3v) is 4.12. The molecular formula is C15H23FN2O. The maximum atomic E-state index is 13.6. The van der Waals surface area contributed by atoms with Crippen LogP contribution in [0.15, 0.2) is 18.2 Å². The molecule has 1 fully saturated rings. The molecule has 1 aromatic carbocycles. The van der Waals surface area contributed by atoms with Crippen molar-refractivity contribution < 1.29 is 9.13 Å². The van der Waals surface area contributed by atoms with Gasteiger partial charge >= 0.3 is 0 Å². The first-order valence-electron chi connectivity index (χ1n) is 6.89. The van der Waals surface area contributed by atoms with Gasteiger partial charge in [-0.05, 0) is 49.0 Å². The number of piperidine rings is 1. The van der Waals surface area contributed by atoms with Gasteiger partial charge in [0.05, 0.1) is 7.11 Å². The van der Waals surface area contributed by atoms with E-state index in [1.54, 1.807) is 12.1 Å². The monoisotopic (exact) mass is 266 g/mol. The molecule has 2 unspecified atom stereocenters. The molecule has 1 aliphatic rings. The van der Waals surface area contributed by atoms with Crippen molar-refractivity contribution in [3.63, 3.8) is 0 Å². The van der Waals surface area contributed by atoms with Gasteiger partial charge in [-0.25, -0.2) is 4.39 Å². The molecule has 4 heteroatoms. The standard InChI is InChI=1S/C15H23FN2O/c1-11-5-6-18(10-13(11)8-17)9-12-3-4-15(19-2)14(16)7-12/h3-4,7,11,13H,5-6,8-10,17H2,1-2H3. The Morgan fingerprint density at radius 3 is 2.89 bits per heavy atom. The van der Waals surface area contributed by atoms with E-state index in [0.29, 0.717) is 17.6 Å². The number of nitrogens with zero attached hydrogens (tertiary/aromatic N) is 1. The van der Waals surface area contributed by atoms with E-state index in [1.165, 1.54) is 13.5 Å². The van der Waals surface area contributed by atoms with Gasteiger partial charge in [0.1, 0.15) is 0 Å². The Balaban J connectivity index is 1.99. The minimum Gasteiger partial charge on any atom is -0.494 e. The van der Waals surface area contributed by atoms with Gasteiger partial charge in [0, 0.05) is 13.1 Å². The second-order valence-electron chi connectivity index (χ2n) is 5.47. The minimum absolute atomic E-state index is 0.291. The highest BCUT2D eigenvalue weighted by atomic mass is 19.1. The molecule has 2 N–H and O–H groups in total. The zero-order valence-electron chi connectivity index (χ0n) is 11.7. The van der Waals surface area contributed by atoms with Crippen LogP contribution in [0.1, 0.15) is 18.9 Å². The first kappa shape index (κ1) is 14.3. The summed E-state index contributed by atoms with van der Waals surface area (Å²) in [4.78, 5) is 2.36. The van der Waals surface area contributed by atoms with E-state index in [4.69, 9.17) is 10.5 Å². The molecule has 106 valence electrons. The molecule has 0 saturated carbocycles. The highest BCUT2D eigenvalue weighted by molar-refractivity contribution is 5.29. The number of methoxy groups -OCH3 is 1. The van der Waals surface area contributed by atoms with Crippen LogP contribution in [0.4, 0.5) is 4.39 Å². The molecule has 0 aliphatic carbocycles. The number of halogens is 1. The van der Waals surface area contributed by atoms with Crippen LogP contribution in [0.2, 0.25) is 0 Å². The number of likely N-dealkylation sites (tertiary alicyclic amines) is 1. The van der Waals surface area contributed by atoms with Gasteiger partial charge in [-0.3, -0.25) is 4.90 Å². The van der Waals surface area contributed by atoms with Gasteiger partial charge in [0.25, 0.3) is 0 Å². The molecule has 0 bridgehead atoms. The van der Waals surface area contributed by atoms with Gasteiger partial charge in [0.2, 0.25) is 0 Å². The molecule has 2 rings (SSSR count). The lowest BCUT2D eigenvalue weighted by Crippen LogP contribution is -2.42. The third-order valence-electron chi connectivity index (χ3n) is 4.12. The molecular weight excluding hydrogens is 243 g/mol. The molecule has 1 heterocycles. The summed E-state index contributed by atoms with van der Waals surface area (Å²) in [6.45, 7) is 5.84. The minimum atomic E-state index is -0.291. The molecule has 0 spiro atoms. The average Bonchev–Trinajstić information content (AvgIpc) is 2.41. The lowest BCUT2D eigenvalue weighted by Gasteiger charge is -2.36. The summed E-state index contributed by atoms with van der Waals surface area (Å²) < 4.78 is 18.6. The van der Waals surface area contributed by atoms with Crippen molar-refractivity contribution >= 4 is 0 Å². The van der Waals surface area contributed by atoms with Crippen LogP contribution >= 0.6 is 0 Å². The van der Waals surface area contributed by atoms with Crippen LogP contribution in [0.25, 0.3) is 0 Å². The number of hydrogen-bond acceptors (Lipinski definition) is 3. The van der Waals surface area contributed by atoms with Crippen LogP contribution in [0, 0.1) is 17.7 Å². The third kappa shape index (κ3) is 3.45. The molecule has 19 heavy (non-hydrogen) atoms. The van der Waals surface area contributed by atoms with Crippen LogP contribution < -0.4 is 10.5 Å². The van der Waals surface area contributed by atoms with E-state index in [-0.39, 0.29) is 5.82 Å².